The molecule has 0 aromatic carbocycles. The maximum Gasteiger partial charge on any atom is 0.257 e. The van der Waals surface area contributed by atoms with E-state index in [1.165, 1.54) is 12.8 Å². The number of thiol groups is 1. The van der Waals surface area contributed by atoms with Gasteiger partial charge in [-0.25, -0.2) is 8.42 Å². The summed E-state index contributed by atoms with van der Waals surface area (Å²) in [5, 5.41) is 0. The van der Waals surface area contributed by atoms with E-state index in [2.05, 4.69) is 9.08 Å². The van der Waals surface area contributed by atoms with Crippen molar-refractivity contribution >= 4 is 11.0 Å². The van der Waals surface area contributed by atoms with Crippen molar-refractivity contribution in [3.05, 3.63) is 0 Å². The van der Waals surface area contributed by atoms with Crippen molar-refractivity contribution < 1.29 is 12.6 Å². The van der Waals surface area contributed by atoms with E-state index in [4.69, 9.17) is 0 Å². The molecule has 72 valence electrons. The van der Waals surface area contributed by atoms with Gasteiger partial charge >= 0.3 is 0 Å². The average Bonchev–Trinajstić information content (AvgIpc) is 2.49. The maximum atomic E-state index is 10.00. The molecule has 5 heteroatoms. The minimum absolute atomic E-state index is 0.329. The zero-order valence-electron chi connectivity index (χ0n) is 7.07. The van der Waals surface area contributed by atoms with Crippen LogP contribution in [0.3, 0.4) is 0 Å². The van der Waals surface area contributed by atoms with Crippen molar-refractivity contribution in [1.82, 2.24) is 4.90 Å². The summed E-state index contributed by atoms with van der Waals surface area (Å²) in [6, 6.07) is 0. The summed E-state index contributed by atoms with van der Waals surface area (Å²) in [4.78, 5) is 2.33. The molecule has 1 aliphatic heterocycles. The Morgan fingerprint density at radius 2 is 1.92 bits per heavy atom. The molecule has 0 unspecified atom stereocenters. The first-order chi connectivity index (χ1) is 5.79. The number of rotatable bonds is 5. The molecule has 1 rings (SSSR count). The van der Waals surface area contributed by atoms with Crippen LogP contribution < -0.4 is 0 Å². The van der Waals surface area contributed by atoms with Crippen LogP contribution in [0.1, 0.15) is 19.3 Å². The largest absolute Gasteiger partial charge is 0.303 e. The maximum absolute atomic E-state index is 10.00. The number of hydrogen-bond donors (Lipinski definition) is 1. The Morgan fingerprint density at radius 3 is 2.50 bits per heavy atom. The number of likely N-dealkylation sites (tertiary alicyclic amines) is 1. The summed E-state index contributed by atoms with van der Waals surface area (Å²) in [5.74, 6) is 0. The van der Waals surface area contributed by atoms with Gasteiger partial charge in [-0.05, 0) is 32.4 Å². The van der Waals surface area contributed by atoms with Gasteiger partial charge in [0, 0.05) is 6.54 Å². The Hall–Kier alpha value is -0.130. The standard InChI is InChI=1S/C7H15NO3S/c9-12(10)11-7-3-6-8-4-1-2-5-8/h12H,1-7H2. The van der Waals surface area contributed by atoms with E-state index in [-0.39, 0.29) is 0 Å². The third-order valence-electron chi connectivity index (χ3n) is 2.01. The summed E-state index contributed by atoms with van der Waals surface area (Å²) in [5.41, 5.74) is 0. The van der Waals surface area contributed by atoms with Gasteiger partial charge in [0.2, 0.25) is 0 Å². The molecule has 0 amide bonds. The minimum atomic E-state index is -2.64. The fourth-order valence-electron chi connectivity index (χ4n) is 1.43. The van der Waals surface area contributed by atoms with Crippen molar-refractivity contribution in [3.63, 3.8) is 0 Å². The SMILES string of the molecule is O=[SH](=O)OCCCN1CCCC1. The molecule has 1 fully saturated rings. The van der Waals surface area contributed by atoms with Gasteiger partial charge in [0.25, 0.3) is 11.0 Å². The van der Waals surface area contributed by atoms with Gasteiger partial charge in [0.15, 0.2) is 0 Å². The van der Waals surface area contributed by atoms with Crippen LogP contribution >= 0.6 is 0 Å². The van der Waals surface area contributed by atoms with Crippen molar-refractivity contribution in [1.29, 1.82) is 0 Å². The lowest BCUT2D eigenvalue weighted by Gasteiger charge is -2.12. The van der Waals surface area contributed by atoms with E-state index >= 15 is 0 Å². The highest BCUT2D eigenvalue weighted by Gasteiger charge is 2.09. The summed E-state index contributed by atoms with van der Waals surface area (Å²) in [6.45, 7) is 3.60. The van der Waals surface area contributed by atoms with Crippen molar-refractivity contribution in [3.8, 4) is 0 Å². The Kier molecular flexibility index (Phi) is 4.57. The van der Waals surface area contributed by atoms with Crippen LogP contribution in [0.15, 0.2) is 0 Å². The fourth-order valence-corrected chi connectivity index (χ4v) is 1.71. The first-order valence-corrected chi connectivity index (χ1v) is 5.38. The molecule has 12 heavy (non-hydrogen) atoms. The highest BCUT2D eigenvalue weighted by Crippen LogP contribution is 2.07. The Morgan fingerprint density at radius 1 is 1.25 bits per heavy atom. The predicted octanol–water partition coefficient (Wildman–Crippen LogP) is 0.0153. The first-order valence-electron chi connectivity index (χ1n) is 4.29. The Bertz CT molecular complexity index is 179. The van der Waals surface area contributed by atoms with Crippen molar-refractivity contribution in [2.75, 3.05) is 26.2 Å². The summed E-state index contributed by atoms with van der Waals surface area (Å²) >= 11 is 0. The number of hydrogen-bond acceptors (Lipinski definition) is 4. The Balaban J connectivity index is 1.94. The lowest BCUT2D eigenvalue weighted by Crippen LogP contribution is -2.21. The van der Waals surface area contributed by atoms with E-state index in [1.54, 1.807) is 0 Å². The molecular weight excluding hydrogens is 178 g/mol. The monoisotopic (exact) mass is 193 g/mol. The second-order valence-electron chi connectivity index (χ2n) is 2.96. The second-order valence-corrected chi connectivity index (χ2v) is 3.66. The van der Waals surface area contributed by atoms with Crippen LogP contribution in [0.5, 0.6) is 0 Å². The van der Waals surface area contributed by atoms with Crippen LogP contribution in [-0.2, 0) is 15.2 Å². The molecule has 1 heterocycles. The van der Waals surface area contributed by atoms with E-state index in [0.29, 0.717) is 6.61 Å². The minimum Gasteiger partial charge on any atom is -0.303 e. The van der Waals surface area contributed by atoms with Gasteiger partial charge < -0.3 is 4.90 Å². The molecule has 0 spiro atoms. The van der Waals surface area contributed by atoms with Crippen molar-refractivity contribution in [2.24, 2.45) is 0 Å². The zero-order valence-corrected chi connectivity index (χ0v) is 7.96. The summed E-state index contributed by atoms with van der Waals surface area (Å²) < 4.78 is 24.4. The average molecular weight is 193 g/mol. The number of nitrogens with zero attached hydrogens (tertiary/aromatic N) is 1. The molecule has 0 aromatic heterocycles. The molecular formula is C7H15NO3S. The van der Waals surface area contributed by atoms with Crippen LogP contribution in [0.4, 0.5) is 0 Å². The molecule has 0 saturated carbocycles. The fraction of sp³-hybridized carbons (Fsp3) is 1.00. The van der Waals surface area contributed by atoms with E-state index in [9.17, 15) is 8.42 Å². The van der Waals surface area contributed by atoms with Crippen LogP contribution in [0.2, 0.25) is 0 Å². The zero-order chi connectivity index (χ0) is 8.81. The van der Waals surface area contributed by atoms with Crippen LogP contribution in [-0.4, -0.2) is 39.6 Å². The van der Waals surface area contributed by atoms with Gasteiger partial charge in [-0.3, -0.25) is 4.18 Å². The molecule has 0 aromatic rings. The Labute approximate surface area is 74.7 Å². The normalized spacial score (nSPS) is 19.1. The lowest BCUT2D eigenvalue weighted by molar-refractivity contribution is 0.273. The molecule has 0 N–H and O–H groups in total. The molecule has 0 atom stereocenters. The molecule has 4 nitrogen and oxygen atoms in total. The molecule has 1 saturated heterocycles. The van der Waals surface area contributed by atoms with E-state index in [0.717, 1.165) is 26.1 Å². The highest BCUT2D eigenvalue weighted by atomic mass is 32.2. The quantitative estimate of drug-likeness (QED) is 0.494. The molecule has 0 aliphatic carbocycles. The van der Waals surface area contributed by atoms with E-state index in [1.807, 2.05) is 0 Å². The van der Waals surface area contributed by atoms with Crippen molar-refractivity contribution in [2.45, 2.75) is 19.3 Å². The molecule has 1 aliphatic rings. The lowest BCUT2D eigenvalue weighted by atomic mass is 10.4. The van der Waals surface area contributed by atoms with Crippen LogP contribution in [0, 0.1) is 0 Å². The van der Waals surface area contributed by atoms with Gasteiger partial charge in [-0.1, -0.05) is 0 Å². The first kappa shape index (κ1) is 9.95. The van der Waals surface area contributed by atoms with Crippen LogP contribution in [0.25, 0.3) is 0 Å². The third-order valence-corrected chi connectivity index (χ3v) is 2.41. The smallest absolute Gasteiger partial charge is 0.257 e. The summed E-state index contributed by atoms with van der Waals surface area (Å²) in [6.07, 6.45) is 3.36. The topological polar surface area (TPSA) is 46.6 Å². The summed E-state index contributed by atoms with van der Waals surface area (Å²) in [7, 11) is -2.64. The van der Waals surface area contributed by atoms with Gasteiger partial charge in [0.05, 0.1) is 6.61 Å². The second kappa shape index (κ2) is 5.50. The predicted molar refractivity (Wildman–Crippen MR) is 46.6 cm³/mol. The highest BCUT2D eigenvalue weighted by molar-refractivity contribution is 7.67. The molecule has 0 radical (unpaired) electrons. The van der Waals surface area contributed by atoms with E-state index < -0.39 is 11.0 Å². The van der Waals surface area contributed by atoms with Gasteiger partial charge in [-0.15, -0.1) is 0 Å². The van der Waals surface area contributed by atoms with Gasteiger partial charge in [0.1, 0.15) is 0 Å². The third kappa shape index (κ3) is 4.04. The van der Waals surface area contributed by atoms with Gasteiger partial charge in [-0.2, -0.15) is 0 Å². The molecule has 0 bridgehead atoms.